The molecular weight excluding hydrogens is 318 g/mol. The summed E-state index contributed by atoms with van der Waals surface area (Å²) in [5.41, 5.74) is 0. The molecule has 1 fully saturated rings. The third kappa shape index (κ3) is 14.2. The predicted octanol–water partition coefficient (Wildman–Crippen LogP) is 7.25. The molecule has 0 saturated heterocycles. The van der Waals surface area contributed by atoms with Gasteiger partial charge < -0.3 is 5.32 Å². The minimum atomic E-state index is 0.280. The van der Waals surface area contributed by atoms with Crippen LogP contribution in [0.5, 0.6) is 0 Å². The Labute approximate surface area is 162 Å². The average Bonchev–Trinajstić information content (AvgIpc) is 2.65. The number of hydrogen-bond acceptors (Lipinski definition) is 1. The number of rotatable bonds is 15. The van der Waals surface area contributed by atoms with E-state index in [1.165, 1.54) is 89.9 Å². The lowest BCUT2D eigenvalue weighted by atomic mass is 9.95. The number of unbranched alkanes of at least 4 members (excludes halogenated alkanes) is 8. The van der Waals surface area contributed by atoms with E-state index in [9.17, 15) is 4.79 Å². The summed E-state index contributed by atoms with van der Waals surface area (Å²) < 4.78 is 0. The van der Waals surface area contributed by atoms with Crippen LogP contribution in [0, 0.1) is 0 Å². The Balaban J connectivity index is 1.82. The van der Waals surface area contributed by atoms with Crippen LogP contribution in [0.15, 0.2) is 24.3 Å². The molecule has 0 aromatic carbocycles. The van der Waals surface area contributed by atoms with Gasteiger partial charge in [-0.25, -0.2) is 0 Å². The van der Waals surface area contributed by atoms with Crippen molar-refractivity contribution in [3.8, 4) is 0 Å². The molecule has 0 unspecified atom stereocenters. The topological polar surface area (TPSA) is 29.1 Å². The Morgan fingerprint density at radius 2 is 1.42 bits per heavy atom. The molecule has 0 aromatic heterocycles. The van der Waals surface area contributed by atoms with Crippen molar-refractivity contribution in [3.05, 3.63) is 24.3 Å². The van der Waals surface area contributed by atoms with Crippen molar-refractivity contribution >= 4 is 5.91 Å². The summed E-state index contributed by atoms with van der Waals surface area (Å²) in [5.74, 6) is 0.280. The van der Waals surface area contributed by atoms with Gasteiger partial charge in [-0.3, -0.25) is 4.79 Å². The molecule has 1 aliphatic rings. The fourth-order valence-electron chi connectivity index (χ4n) is 3.64. The maximum Gasteiger partial charge on any atom is 0.220 e. The molecule has 1 amide bonds. The molecule has 0 spiro atoms. The van der Waals surface area contributed by atoms with Gasteiger partial charge in [0.15, 0.2) is 0 Å². The maximum atomic E-state index is 11.9. The van der Waals surface area contributed by atoms with Gasteiger partial charge in [0, 0.05) is 12.5 Å². The van der Waals surface area contributed by atoms with Crippen LogP contribution >= 0.6 is 0 Å². The summed E-state index contributed by atoms with van der Waals surface area (Å²) in [6, 6.07) is 0.467. The van der Waals surface area contributed by atoms with Crippen LogP contribution in [0.4, 0.5) is 0 Å². The second-order valence-electron chi connectivity index (χ2n) is 7.88. The molecule has 0 radical (unpaired) electrons. The van der Waals surface area contributed by atoms with Gasteiger partial charge in [-0.2, -0.15) is 0 Å². The highest BCUT2D eigenvalue weighted by Crippen LogP contribution is 2.17. The molecule has 26 heavy (non-hydrogen) atoms. The number of allylic oxidation sites excluding steroid dienone is 4. The van der Waals surface area contributed by atoms with Gasteiger partial charge in [0.05, 0.1) is 0 Å². The Kier molecular flexibility index (Phi) is 15.4. The monoisotopic (exact) mass is 361 g/mol. The summed E-state index contributed by atoms with van der Waals surface area (Å²) in [5, 5.41) is 3.21. The lowest BCUT2D eigenvalue weighted by Gasteiger charge is -2.22. The van der Waals surface area contributed by atoms with Crippen LogP contribution in [-0.4, -0.2) is 11.9 Å². The Hall–Kier alpha value is -1.05. The van der Waals surface area contributed by atoms with Crippen LogP contribution in [0.1, 0.15) is 116 Å². The first-order valence-corrected chi connectivity index (χ1v) is 11.4. The molecule has 0 heterocycles. The van der Waals surface area contributed by atoms with E-state index in [2.05, 4.69) is 36.5 Å². The zero-order valence-corrected chi connectivity index (χ0v) is 17.3. The van der Waals surface area contributed by atoms with E-state index < -0.39 is 0 Å². The zero-order chi connectivity index (χ0) is 18.7. The molecule has 1 saturated carbocycles. The summed E-state index contributed by atoms with van der Waals surface area (Å²) >= 11 is 0. The van der Waals surface area contributed by atoms with E-state index in [-0.39, 0.29) is 5.91 Å². The third-order valence-corrected chi connectivity index (χ3v) is 5.32. The predicted molar refractivity (Wildman–Crippen MR) is 114 cm³/mol. The summed E-state index contributed by atoms with van der Waals surface area (Å²) in [4.78, 5) is 11.9. The van der Waals surface area contributed by atoms with Crippen LogP contribution in [0.2, 0.25) is 0 Å². The second kappa shape index (κ2) is 17.4. The summed E-state index contributed by atoms with van der Waals surface area (Å²) in [7, 11) is 0. The first kappa shape index (κ1) is 23.0. The van der Waals surface area contributed by atoms with Crippen LogP contribution in [0.3, 0.4) is 0 Å². The molecule has 0 bridgehead atoms. The molecule has 2 nitrogen and oxygen atoms in total. The zero-order valence-electron chi connectivity index (χ0n) is 17.3. The number of carbonyl (C=O) groups is 1. The Bertz CT molecular complexity index is 380. The van der Waals surface area contributed by atoms with Crippen molar-refractivity contribution in [3.63, 3.8) is 0 Å². The number of amides is 1. The van der Waals surface area contributed by atoms with Gasteiger partial charge in [0.25, 0.3) is 0 Å². The van der Waals surface area contributed by atoms with Crippen molar-refractivity contribution in [1.29, 1.82) is 0 Å². The van der Waals surface area contributed by atoms with E-state index >= 15 is 0 Å². The lowest BCUT2D eigenvalue weighted by molar-refractivity contribution is -0.122. The van der Waals surface area contributed by atoms with Crippen LogP contribution in [0.25, 0.3) is 0 Å². The Morgan fingerprint density at radius 3 is 2.12 bits per heavy atom. The standard InChI is InChI=1S/C24H43NO/c1-2-3-4-5-6-7-8-9-10-11-12-13-14-15-19-22-24(26)25-23-20-17-16-18-21-23/h6-7,9-10,23H,2-5,8,11-22H2,1H3,(H,25,26)/b7-6-,10-9-. The molecule has 1 rings (SSSR count). The number of carbonyl (C=O) groups excluding carboxylic acids is 1. The van der Waals surface area contributed by atoms with Crippen molar-refractivity contribution in [2.75, 3.05) is 0 Å². The van der Waals surface area contributed by atoms with E-state index in [1.54, 1.807) is 0 Å². The quantitative estimate of drug-likeness (QED) is 0.241. The van der Waals surface area contributed by atoms with E-state index in [1.807, 2.05) is 0 Å². The molecule has 0 aromatic rings. The van der Waals surface area contributed by atoms with Gasteiger partial charge >= 0.3 is 0 Å². The molecule has 2 heteroatoms. The molecule has 1 aliphatic carbocycles. The highest BCUT2D eigenvalue weighted by Gasteiger charge is 2.14. The SMILES string of the molecule is CCCCC/C=C\C/C=C\CCCCCCCC(=O)NC1CCCCC1. The van der Waals surface area contributed by atoms with Crippen molar-refractivity contribution in [1.82, 2.24) is 5.32 Å². The number of nitrogens with one attached hydrogen (secondary N) is 1. The second-order valence-corrected chi connectivity index (χ2v) is 7.88. The molecule has 0 aliphatic heterocycles. The fraction of sp³-hybridized carbons (Fsp3) is 0.792. The molecule has 0 atom stereocenters. The third-order valence-electron chi connectivity index (χ3n) is 5.32. The van der Waals surface area contributed by atoms with Gasteiger partial charge in [-0.05, 0) is 51.4 Å². The number of hydrogen-bond donors (Lipinski definition) is 1. The van der Waals surface area contributed by atoms with Crippen molar-refractivity contribution in [2.45, 2.75) is 122 Å². The van der Waals surface area contributed by atoms with E-state index in [0.29, 0.717) is 6.04 Å². The fourth-order valence-corrected chi connectivity index (χ4v) is 3.64. The molecule has 150 valence electrons. The van der Waals surface area contributed by atoms with Gasteiger partial charge in [-0.1, -0.05) is 82.6 Å². The highest BCUT2D eigenvalue weighted by molar-refractivity contribution is 5.76. The summed E-state index contributed by atoms with van der Waals surface area (Å²) in [6.07, 6.45) is 29.9. The van der Waals surface area contributed by atoms with E-state index in [0.717, 1.165) is 19.3 Å². The highest BCUT2D eigenvalue weighted by atomic mass is 16.1. The smallest absolute Gasteiger partial charge is 0.220 e. The van der Waals surface area contributed by atoms with Crippen LogP contribution in [-0.2, 0) is 4.79 Å². The summed E-state index contributed by atoms with van der Waals surface area (Å²) in [6.45, 7) is 2.25. The first-order valence-electron chi connectivity index (χ1n) is 11.4. The first-order chi connectivity index (χ1) is 12.8. The Morgan fingerprint density at radius 1 is 0.808 bits per heavy atom. The van der Waals surface area contributed by atoms with Gasteiger partial charge in [0.2, 0.25) is 5.91 Å². The van der Waals surface area contributed by atoms with E-state index in [4.69, 9.17) is 0 Å². The minimum absolute atomic E-state index is 0.280. The lowest BCUT2D eigenvalue weighted by Crippen LogP contribution is -2.35. The largest absolute Gasteiger partial charge is 0.353 e. The molecule has 1 N–H and O–H groups in total. The maximum absolute atomic E-state index is 11.9. The average molecular weight is 362 g/mol. The van der Waals surface area contributed by atoms with Crippen molar-refractivity contribution in [2.24, 2.45) is 0 Å². The molecular formula is C24H43NO. The minimum Gasteiger partial charge on any atom is -0.353 e. The van der Waals surface area contributed by atoms with Crippen molar-refractivity contribution < 1.29 is 4.79 Å². The normalized spacial score (nSPS) is 15.9. The van der Waals surface area contributed by atoms with Gasteiger partial charge in [0.1, 0.15) is 0 Å². The van der Waals surface area contributed by atoms with Crippen LogP contribution < -0.4 is 5.32 Å². The van der Waals surface area contributed by atoms with Gasteiger partial charge in [-0.15, -0.1) is 0 Å².